The van der Waals surface area contributed by atoms with Crippen LogP contribution < -0.4 is 10.1 Å². The maximum Gasteiger partial charge on any atom is 0.119 e. The summed E-state index contributed by atoms with van der Waals surface area (Å²) in [5, 5.41) is 3.27. The van der Waals surface area contributed by atoms with E-state index in [1.807, 2.05) is 19.2 Å². The van der Waals surface area contributed by atoms with Crippen LogP contribution in [-0.2, 0) is 10.3 Å². The van der Waals surface area contributed by atoms with E-state index < -0.39 is 0 Å². The second-order valence-corrected chi connectivity index (χ2v) is 4.24. The first kappa shape index (κ1) is 13.0. The van der Waals surface area contributed by atoms with Crippen LogP contribution in [0.2, 0.25) is 0 Å². The van der Waals surface area contributed by atoms with E-state index in [4.69, 9.17) is 9.47 Å². The third-order valence-electron chi connectivity index (χ3n) is 2.76. The molecule has 1 rings (SSSR count). The zero-order valence-corrected chi connectivity index (χ0v) is 10.5. The number of hydrogen-bond acceptors (Lipinski definition) is 3. The molecule has 0 saturated heterocycles. The van der Waals surface area contributed by atoms with Crippen molar-refractivity contribution < 1.29 is 9.47 Å². The van der Waals surface area contributed by atoms with Crippen LogP contribution in [-0.4, -0.2) is 27.4 Å². The molecule has 1 aromatic rings. The van der Waals surface area contributed by atoms with Gasteiger partial charge in [0, 0.05) is 12.6 Å². The fourth-order valence-electron chi connectivity index (χ4n) is 1.36. The molecule has 0 unspecified atom stereocenters. The van der Waals surface area contributed by atoms with Crippen molar-refractivity contribution in [1.82, 2.24) is 5.32 Å². The van der Waals surface area contributed by atoms with Gasteiger partial charge in [0.25, 0.3) is 0 Å². The second-order valence-electron chi connectivity index (χ2n) is 4.24. The highest BCUT2D eigenvalue weighted by atomic mass is 16.5. The van der Waals surface area contributed by atoms with Gasteiger partial charge in [0.1, 0.15) is 12.4 Å². The van der Waals surface area contributed by atoms with E-state index in [9.17, 15) is 0 Å². The third-order valence-corrected chi connectivity index (χ3v) is 2.76. The smallest absolute Gasteiger partial charge is 0.119 e. The Labute approximate surface area is 97.8 Å². The molecule has 0 aliphatic carbocycles. The summed E-state index contributed by atoms with van der Waals surface area (Å²) in [4.78, 5) is 0. The molecule has 0 bridgehead atoms. The van der Waals surface area contributed by atoms with Gasteiger partial charge in [-0.3, -0.25) is 0 Å². The summed E-state index contributed by atoms with van der Waals surface area (Å²) in [6, 6.07) is 8.14. The van der Waals surface area contributed by atoms with Crippen LogP contribution in [0.25, 0.3) is 0 Å². The van der Waals surface area contributed by atoms with Crippen molar-refractivity contribution in [1.29, 1.82) is 0 Å². The van der Waals surface area contributed by atoms with Gasteiger partial charge in [-0.1, -0.05) is 12.1 Å². The molecular formula is C13H21NO2. The summed E-state index contributed by atoms with van der Waals surface area (Å²) < 4.78 is 10.4. The summed E-state index contributed by atoms with van der Waals surface area (Å²) >= 11 is 0. The summed E-state index contributed by atoms with van der Waals surface area (Å²) in [6.45, 7) is 5.50. The van der Waals surface area contributed by atoms with Crippen LogP contribution in [0.1, 0.15) is 19.4 Å². The maximum atomic E-state index is 5.50. The minimum atomic E-state index is -0.00887. The van der Waals surface area contributed by atoms with Crippen LogP contribution in [0.4, 0.5) is 0 Å². The van der Waals surface area contributed by atoms with Gasteiger partial charge in [-0.2, -0.15) is 0 Å². The number of methoxy groups -OCH3 is 1. The molecule has 0 heterocycles. The van der Waals surface area contributed by atoms with E-state index in [0.717, 1.165) is 5.75 Å². The Kier molecular flexibility index (Phi) is 4.77. The number of ether oxygens (including phenoxy) is 2. The van der Waals surface area contributed by atoms with Crippen molar-refractivity contribution in [2.45, 2.75) is 19.4 Å². The predicted octanol–water partition coefficient (Wildman–Crippen LogP) is 2.17. The predicted molar refractivity (Wildman–Crippen MR) is 65.9 cm³/mol. The highest BCUT2D eigenvalue weighted by Crippen LogP contribution is 2.22. The first-order valence-corrected chi connectivity index (χ1v) is 5.51. The Morgan fingerprint density at radius 3 is 2.25 bits per heavy atom. The van der Waals surface area contributed by atoms with Crippen LogP contribution in [0.5, 0.6) is 5.75 Å². The Bertz CT molecular complexity index is 306. The Balaban J connectivity index is 2.61. The van der Waals surface area contributed by atoms with Crippen molar-refractivity contribution in [3.05, 3.63) is 29.8 Å². The van der Waals surface area contributed by atoms with Crippen molar-refractivity contribution in [2.24, 2.45) is 0 Å². The van der Waals surface area contributed by atoms with Crippen molar-refractivity contribution >= 4 is 0 Å². The quantitative estimate of drug-likeness (QED) is 0.750. The molecule has 1 N–H and O–H groups in total. The van der Waals surface area contributed by atoms with E-state index >= 15 is 0 Å². The first-order valence-electron chi connectivity index (χ1n) is 5.51. The highest BCUT2D eigenvalue weighted by molar-refractivity contribution is 5.31. The standard InChI is InChI=1S/C13H21NO2/c1-13(2,14-3)11-5-7-12(8-6-11)16-10-9-15-4/h5-8,14H,9-10H2,1-4H3. The molecule has 0 radical (unpaired) electrons. The summed E-state index contributed by atoms with van der Waals surface area (Å²) in [5.41, 5.74) is 1.24. The SMILES string of the molecule is CNC(C)(C)c1ccc(OCCOC)cc1. The minimum Gasteiger partial charge on any atom is -0.491 e. The van der Waals surface area contributed by atoms with Gasteiger partial charge in [-0.05, 0) is 38.6 Å². The molecule has 0 aromatic heterocycles. The second kappa shape index (κ2) is 5.87. The molecule has 16 heavy (non-hydrogen) atoms. The summed E-state index contributed by atoms with van der Waals surface area (Å²) in [7, 11) is 3.63. The largest absolute Gasteiger partial charge is 0.491 e. The average molecular weight is 223 g/mol. The molecule has 1 aromatic carbocycles. The van der Waals surface area contributed by atoms with Crippen molar-refractivity contribution in [3.8, 4) is 5.75 Å². The van der Waals surface area contributed by atoms with Gasteiger partial charge in [0.2, 0.25) is 0 Å². The molecule has 0 spiro atoms. The number of nitrogens with one attached hydrogen (secondary N) is 1. The molecule has 0 saturated carbocycles. The number of hydrogen-bond donors (Lipinski definition) is 1. The van der Waals surface area contributed by atoms with Gasteiger partial charge >= 0.3 is 0 Å². The zero-order valence-electron chi connectivity index (χ0n) is 10.5. The van der Waals surface area contributed by atoms with Gasteiger partial charge in [0.05, 0.1) is 6.61 Å². The Hall–Kier alpha value is -1.06. The van der Waals surface area contributed by atoms with E-state index in [2.05, 4.69) is 31.3 Å². The topological polar surface area (TPSA) is 30.5 Å². The molecule has 0 atom stereocenters. The third kappa shape index (κ3) is 3.51. The van der Waals surface area contributed by atoms with E-state index in [0.29, 0.717) is 13.2 Å². The van der Waals surface area contributed by atoms with E-state index in [1.54, 1.807) is 7.11 Å². The van der Waals surface area contributed by atoms with Gasteiger partial charge in [-0.25, -0.2) is 0 Å². The lowest BCUT2D eigenvalue weighted by Crippen LogP contribution is -2.32. The first-order chi connectivity index (χ1) is 7.60. The Morgan fingerprint density at radius 2 is 1.75 bits per heavy atom. The Morgan fingerprint density at radius 1 is 1.12 bits per heavy atom. The van der Waals surface area contributed by atoms with Crippen LogP contribution >= 0.6 is 0 Å². The lowest BCUT2D eigenvalue weighted by Gasteiger charge is -2.24. The lowest BCUT2D eigenvalue weighted by molar-refractivity contribution is 0.146. The fourth-order valence-corrected chi connectivity index (χ4v) is 1.36. The normalized spacial score (nSPS) is 11.5. The van der Waals surface area contributed by atoms with E-state index in [-0.39, 0.29) is 5.54 Å². The lowest BCUT2D eigenvalue weighted by atomic mass is 9.95. The fraction of sp³-hybridized carbons (Fsp3) is 0.538. The monoisotopic (exact) mass is 223 g/mol. The summed E-state index contributed by atoms with van der Waals surface area (Å²) in [6.07, 6.45) is 0. The maximum absolute atomic E-state index is 5.50. The molecular weight excluding hydrogens is 202 g/mol. The van der Waals surface area contributed by atoms with E-state index in [1.165, 1.54) is 5.56 Å². The molecule has 0 fully saturated rings. The van der Waals surface area contributed by atoms with Crippen LogP contribution in [0.3, 0.4) is 0 Å². The number of rotatable bonds is 6. The number of benzene rings is 1. The van der Waals surface area contributed by atoms with Crippen LogP contribution in [0.15, 0.2) is 24.3 Å². The van der Waals surface area contributed by atoms with Crippen molar-refractivity contribution in [2.75, 3.05) is 27.4 Å². The summed E-state index contributed by atoms with van der Waals surface area (Å²) in [5.74, 6) is 0.882. The molecule has 3 heteroatoms. The molecule has 3 nitrogen and oxygen atoms in total. The minimum absolute atomic E-state index is 0.00887. The van der Waals surface area contributed by atoms with Crippen molar-refractivity contribution in [3.63, 3.8) is 0 Å². The van der Waals surface area contributed by atoms with Gasteiger partial charge < -0.3 is 14.8 Å². The molecule has 0 amide bonds. The van der Waals surface area contributed by atoms with Gasteiger partial charge in [-0.15, -0.1) is 0 Å². The average Bonchev–Trinajstić information content (AvgIpc) is 2.30. The molecule has 0 aliphatic heterocycles. The zero-order chi connectivity index (χ0) is 12.0. The molecule has 90 valence electrons. The van der Waals surface area contributed by atoms with Gasteiger partial charge in [0.15, 0.2) is 0 Å². The highest BCUT2D eigenvalue weighted by Gasteiger charge is 2.16. The molecule has 0 aliphatic rings. The van der Waals surface area contributed by atoms with Crippen LogP contribution in [0, 0.1) is 0 Å².